The minimum absolute atomic E-state index is 0.141. The van der Waals surface area contributed by atoms with Crippen LogP contribution in [0.15, 0.2) is 36.4 Å². The lowest BCUT2D eigenvalue weighted by Gasteiger charge is -2.22. The SMILES string of the molecule is COc1ccc(O[C@H](C)C(=O)N[C@H](C)c2cc(C(C)C)c(OC)cc2C)cc1. The summed E-state index contributed by atoms with van der Waals surface area (Å²) in [6.45, 7) is 10.0. The van der Waals surface area contributed by atoms with E-state index in [1.54, 1.807) is 45.4 Å². The molecule has 0 bridgehead atoms. The number of hydrogen-bond donors (Lipinski definition) is 1. The summed E-state index contributed by atoms with van der Waals surface area (Å²) < 4.78 is 16.4. The Hall–Kier alpha value is -2.69. The Labute approximate surface area is 168 Å². The number of amides is 1. The van der Waals surface area contributed by atoms with E-state index in [0.717, 1.165) is 28.2 Å². The third-order valence-electron chi connectivity index (χ3n) is 4.81. The number of ether oxygens (including phenoxy) is 3. The highest BCUT2D eigenvalue weighted by atomic mass is 16.5. The molecule has 2 aromatic carbocycles. The summed E-state index contributed by atoms with van der Waals surface area (Å²) in [7, 11) is 3.29. The van der Waals surface area contributed by atoms with Gasteiger partial charge < -0.3 is 19.5 Å². The first-order chi connectivity index (χ1) is 13.3. The molecule has 152 valence electrons. The van der Waals surface area contributed by atoms with Crippen LogP contribution in [0.5, 0.6) is 17.2 Å². The monoisotopic (exact) mass is 385 g/mol. The summed E-state index contributed by atoms with van der Waals surface area (Å²) in [4.78, 5) is 12.6. The number of aryl methyl sites for hydroxylation is 1. The maximum atomic E-state index is 12.6. The van der Waals surface area contributed by atoms with Crippen molar-refractivity contribution in [2.45, 2.75) is 52.7 Å². The standard InChI is InChI=1S/C23H31NO4/c1-14(2)20-13-21(15(3)12-22(20)27-7)16(4)24-23(25)17(5)28-19-10-8-18(26-6)9-11-19/h8-14,16-17H,1-7H3,(H,24,25)/t16-,17-/m1/s1. The normalized spacial score (nSPS) is 13.0. The smallest absolute Gasteiger partial charge is 0.261 e. The number of benzene rings is 2. The molecule has 28 heavy (non-hydrogen) atoms. The first-order valence-corrected chi connectivity index (χ1v) is 9.56. The number of rotatable bonds is 8. The van der Waals surface area contributed by atoms with Crippen LogP contribution in [0, 0.1) is 6.92 Å². The predicted octanol–water partition coefficient (Wildman–Crippen LogP) is 4.78. The summed E-state index contributed by atoms with van der Waals surface area (Å²) in [6, 6.07) is 11.2. The van der Waals surface area contributed by atoms with E-state index < -0.39 is 6.10 Å². The molecule has 0 aliphatic rings. The van der Waals surface area contributed by atoms with Crippen LogP contribution in [0.4, 0.5) is 0 Å². The van der Waals surface area contributed by atoms with Crippen LogP contribution in [-0.4, -0.2) is 26.2 Å². The largest absolute Gasteiger partial charge is 0.497 e. The molecule has 2 atom stereocenters. The Morgan fingerprint density at radius 2 is 1.50 bits per heavy atom. The molecule has 0 saturated carbocycles. The summed E-state index contributed by atoms with van der Waals surface area (Å²) in [5, 5.41) is 3.05. The Morgan fingerprint density at radius 3 is 2.04 bits per heavy atom. The topological polar surface area (TPSA) is 56.8 Å². The minimum atomic E-state index is -0.612. The van der Waals surface area contributed by atoms with Gasteiger partial charge in [0.25, 0.3) is 5.91 Å². The van der Waals surface area contributed by atoms with Crippen LogP contribution in [0.1, 0.15) is 56.3 Å². The maximum absolute atomic E-state index is 12.6. The van der Waals surface area contributed by atoms with E-state index in [4.69, 9.17) is 14.2 Å². The third kappa shape index (κ3) is 5.18. The van der Waals surface area contributed by atoms with E-state index in [9.17, 15) is 4.79 Å². The van der Waals surface area contributed by atoms with Crippen molar-refractivity contribution in [2.75, 3.05) is 14.2 Å². The van der Waals surface area contributed by atoms with E-state index >= 15 is 0 Å². The van der Waals surface area contributed by atoms with E-state index in [0.29, 0.717) is 11.7 Å². The molecule has 2 aromatic rings. The molecule has 0 radical (unpaired) electrons. The predicted molar refractivity (Wildman–Crippen MR) is 111 cm³/mol. The zero-order chi connectivity index (χ0) is 20.8. The lowest BCUT2D eigenvalue weighted by Crippen LogP contribution is -2.38. The van der Waals surface area contributed by atoms with Gasteiger partial charge in [-0.05, 0) is 79.8 Å². The molecule has 0 aromatic heterocycles. The van der Waals surface area contributed by atoms with Gasteiger partial charge in [-0.25, -0.2) is 0 Å². The van der Waals surface area contributed by atoms with E-state index in [1.165, 1.54) is 0 Å². The van der Waals surface area contributed by atoms with Gasteiger partial charge in [-0.1, -0.05) is 13.8 Å². The van der Waals surface area contributed by atoms with E-state index in [2.05, 4.69) is 25.2 Å². The number of carbonyl (C=O) groups is 1. The molecule has 0 fully saturated rings. The molecule has 1 amide bonds. The molecule has 5 heteroatoms. The molecular formula is C23H31NO4. The van der Waals surface area contributed by atoms with Gasteiger partial charge >= 0.3 is 0 Å². The van der Waals surface area contributed by atoms with Gasteiger partial charge in [0.05, 0.1) is 20.3 Å². The van der Waals surface area contributed by atoms with E-state index in [1.807, 2.05) is 19.9 Å². The highest BCUT2D eigenvalue weighted by molar-refractivity contribution is 5.81. The molecule has 0 unspecified atom stereocenters. The van der Waals surface area contributed by atoms with Crippen molar-refractivity contribution in [1.29, 1.82) is 0 Å². The molecule has 5 nitrogen and oxygen atoms in total. The molecule has 0 aliphatic carbocycles. The van der Waals surface area contributed by atoms with Crippen molar-refractivity contribution >= 4 is 5.91 Å². The lowest BCUT2D eigenvalue weighted by molar-refractivity contribution is -0.127. The lowest BCUT2D eigenvalue weighted by atomic mass is 9.93. The summed E-state index contributed by atoms with van der Waals surface area (Å²) in [6.07, 6.45) is -0.612. The molecule has 1 N–H and O–H groups in total. The molecule has 0 saturated heterocycles. The number of nitrogens with one attached hydrogen (secondary N) is 1. The minimum Gasteiger partial charge on any atom is -0.497 e. The Balaban J connectivity index is 2.09. The highest BCUT2D eigenvalue weighted by Gasteiger charge is 2.20. The summed E-state index contributed by atoms with van der Waals surface area (Å²) >= 11 is 0. The average molecular weight is 386 g/mol. The van der Waals surface area contributed by atoms with Crippen molar-refractivity contribution < 1.29 is 19.0 Å². The van der Waals surface area contributed by atoms with Crippen LogP contribution in [-0.2, 0) is 4.79 Å². The van der Waals surface area contributed by atoms with Gasteiger partial charge in [0.2, 0.25) is 0 Å². The fourth-order valence-electron chi connectivity index (χ4n) is 3.13. The van der Waals surface area contributed by atoms with Crippen molar-refractivity contribution in [3.8, 4) is 17.2 Å². The fraction of sp³-hybridized carbons (Fsp3) is 0.435. The van der Waals surface area contributed by atoms with Crippen molar-refractivity contribution in [1.82, 2.24) is 5.32 Å². The maximum Gasteiger partial charge on any atom is 0.261 e. The molecular weight excluding hydrogens is 354 g/mol. The van der Waals surface area contributed by atoms with Crippen molar-refractivity contribution in [2.24, 2.45) is 0 Å². The van der Waals surface area contributed by atoms with Gasteiger partial charge in [-0.3, -0.25) is 4.79 Å². The Morgan fingerprint density at radius 1 is 0.893 bits per heavy atom. The number of carbonyl (C=O) groups excluding carboxylic acids is 1. The first kappa shape index (κ1) is 21.6. The first-order valence-electron chi connectivity index (χ1n) is 9.56. The quantitative estimate of drug-likeness (QED) is 0.710. The average Bonchev–Trinajstić information content (AvgIpc) is 2.67. The number of hydrogen-bond acceptors (Lipinski definition) is 4. The molecule has 2 rings (SSSR count). The molecule has 0 spiro atoms. The van der Waals surface area contributed by atoms with Crippen LogP contribution in [0.3, 0.4) is 0 Å². The van der Waals surface area contributed by atoms with Gasteiger partial charge in [-0.2, -0.15) is 0 Å². The van der Waals surface area contributed by atoms with Crippen LogP contribution < -0.4 is 19.5 Å². The third-order valence-corrected chi connectivity index (χ3v) is 4.81. The summed E-state index contributed by atoms with van der Waals surface area (Å²) in [5.41, 5.74) is 3.29. The van der Waals surface area contributed by atoms with Crippen molar-refractivity contribution in [3.63, 3.8) is 0 Å². The summed E-state index contributed by atoms with van der Waals surface area (Å²) in [5.74, 6) is 2.41. The zero-order valence-corrected chi connectivity index (χ0v) is 17.8. The second-order valence-corrected chi connectivity index (χ2v) is 7.27. The van der Waals surface area contributed by atoms with Crippen molar-refractivity contribution in [3.05, 3.63) is 53.1 Å². The second kappa shape index (κ2) is 9.49. The molecule has 0 aliphatic heterocycles. The van der Waals surface area contributed by atoms with Gasteiger partial charge in [0.15, 0.2) is 6.10 Å². The van der Waals surface area contributed by atoms with Crippen LogP contribution in [0.2, 0.25) is 0 Å². The zero-order valence-electron chi connectivity index (χ0n) is 17.8. The fourth-order valence-corrected chi connectivity index (χ4v) is 3.13. The van der Waals surface area contributed by atoms with E-state index in [-0.39, 0.29) is 11.9 Å². The second-order valence-electron chi connectivity index (χ2n) is 7.27. The Bertz CT molecular complexity index is 799. The number of methoxy groups -OCH3 is 2. The van der Waals surface area contributed by atoms with Gasteiger partial charge in [0, 0.05) is 0 Å². The molecule has 0 heterocycles. The van der Waals surface area contributed by atoms with Crippen LogP contribution >= 0.6 is 0 Å². The van der Waals surface area contributed by atoms with Gasteiger partial charge in [0.1, 0.15) is 17.2 Å². The highest BCUT2D eigenvalue weighted by Crippen LogP contribution is 2.32. The van der Waals surface area contributed by atoms with Crippen LogP contribution in [0.25, 0.3) is 0 Å². The Kier molecular flexibility index (Phi) is 7.32. The van der Waals surface area contributed by atoms with Gasteiger partial charge in [-0.15, -0.1) is 0 Å².